The predicted molar refractivity (Wildman–Crippen MR) is 96.3 cm³/mol. The van der Waals surface area contributed by atoms with E-state index in [-0.39, 0.29) is 17.8 Å². The Balaban J connectivity index is 1.59. The standard InChI is InChI=1S/C20H20FN3O2/c1-14(16-4-3-5-17(21)12-16)23-20(25)15-6-8-18(9-7-15)26-13-19-22-10-11-24(19)2/h3-12,14H,13H2,1-2H3,(H,23,25)/t14-/m1/s1. The minimum atomic E-state index is -0.321. The molecule has 134 valence electrons. The topological polar surface area (TPSA) is 56.1 Å². The minimum Gasteiger partial charge on any atom is -0.486 e. The number of ether oxygens (including phenoxy) is 1. The van der Waals surface area contributed by atoms with E-state index >= 15 is 0 Å². The van der Waals surface area contributed by atoms with Gasteiger partial charge in [0.2, 0.25) is 0 Å². The number of benzene rings is 2. The molecule has 0 aliphatic carbocycles. The van der Waals surface area contributed by atoms with E-state index in [2.05, 4.69) is 10.3 Å². The van der Waals surface area contributed by atoms with Crippen LogP contribution in [0.15, 0.2) is 60.9 Å². The molecule has 0 saturated carbocycles. The number of rotatable bonds is 6. The first kappa shape index (κ1) is 17.7. The van der Waals surface area contributed by atoms with Gasteiger partial charge in [0.1, 0.15) is 24.0 Å². The summed E-state index contributed by atoms with van der Waals surface area (Å²) in [6, 6.07) is 12.8. The molecular weight excluding hydrogens is 333 g/mol. The van der Waals surface area contributed by atoms with Crippen molar-refractivity contribution in [2.45, 2.75) is 19.6 Å². The number of hydrogen-bond acceptors (Lipinski definition) is 3. The molecule has 0 fully saturated rings. The summed E-state index contributed by atoms with van der Waals surface area (Å²) in [6.07, 6.45) is 3.57. The molecule has 0 aliphatic rings. The van der Waals surface area contributed by atoms with E-state index in [9.17, 15) is 9.18 Å². The van der Waals surface area contributed by atoms with Crippen molar-refractivity contribution in [2.75, 3.05) is 0 Å². The second-order valence-electron chi connectivity index (χ2n) is 6.02. The van der Waals surface area contributed by atoms with Crippen LogP contribution in [0.3, 0.4) is 0 Å². The summed E-state index contributed by atoms with van der Waals surface area (Å²) < 4.78 is 20.9. The van der Waals surface area contributed by atoms with Crippen LogP contribution in [-0.2, 0) is 13.7 Å². The number of carbonyl (C=O) groups is 1. The average Bonchev–Trinajstić information content (AvgIpc) is 3.05. The summed E-state index contributed by atoms with van der Waals surface area (Å²) in [7, 11) is 1.90. The van der Waals surface area contributed by atoms with E-state index in [1.54, 1.807) is 42.6 Å². The van der Waals surface area contributed by atoms with E-state index < -0.39 is 0 Å². The van der Waals surface area contributed by atoms with Crippen molar-refractivity contribution in [1.29, 1.82) is 0 Å². The van der Waals surface area contributed by atoms with Gasteiger partial charge in [-0.2, -0.15) is 0 Å². The molecule has 2 aromatic carbocycles. The lowest BCUT2D eigenvalue weighted by atomic mass is 10.1. The van der Waals surface area contributed by atoms with Crippen LogP contribution >= 0.6 is 0 Å². The Morgan fingerprint density at radius 2 is 2.04 bits per heavy atom. The third-order valence-electron chi connectivity index (χ3n) is 4.10. The molecule has 5 nitrogen and oxygen atoms in total. The van der Waals surface area contributed by atoms with Gasteiger partial charge in [-0.1, -0.05) is 12.1 Å². The SMILES string of the molecule is C[C@@H](NC(=O)c1ccc(OCc2nccn2C)cc1)c1cccc(F)c1. The molecule has 0 saturated heterocycles. The number of carbonyl (C=O) groups excluding carboxylic acids is 1. The fraction of sp³-hybridized carbons (Fsp3) is 0.200. The van der Waals surface area contributed by atoms with Gasteiger partial charge >= 0.3 is 0 Å². The smallest absolute Gasteiger partial charge is 0.251 e. The van der Waals surface area contributed by atoms with Crippen LogP contribution in [0.25, 0.3) is 0 Å². The summed E-state index contributed by atoms with van der Waals surface area (Å²) in [6.45, 7) is 2.17. The van der Waals surface area contributed by atoms with Crippen molar-refractivity contribution in [3.05, 3.63) is 83.7 Å². The maximum Gasteiger partial charge on any atom is 0.251 e. The highest BCUT2D eigenvalue weighted by Crippen LogP contribution is 2.17. The Bertz CT molecular complexity index is 890. The van der Waals surface area contributed by atoms with Gasteiger partial charge in [0.05, 0.1) is 6.04 Å². The van der Waals surface area contributed by atoms with Gasteiger partial charge in [0.25, 0.3) is 5.91 Å². The van der Waals surface area contributed by atoms with Crippen LogP contribution in [0, 0.1) is 5.82 Å². The summed E-state index contributed by atoms with van der Waals surface area (Å²) >= 11 is 0. The van der Waals surface area contributed by atoms with Crippen molar-refractivity contribution in [1.82, 2.24) is 14.9 Å². The van der Waals surface area contributed by atoms with Crippen molar-refractivity contribution in [3.8, 4) is 5.75 Å². The highest BCUT2D eigenvalue weighted by Gasteiger charge is 2.12. The van der Waals surface area contributed by atoms with Crippen molar-refractivity contribution in [2.24, 2.45) is 7.05 Å². The van der Waals surface area contributed by atoms with E-state index in [4.69, 9.17) is 4.74 Å². The molecule has 1 heterocycles. The maximum absolute atomic E-state index is 13.3. The Kier molecular flexibility index (Phi) is 5.31. The highest BCUT2D eigenvalue weighted by molar-refractivity contribution is 5.94. The third-order valence-corrected chi connectivity index (χ3v) is 4.10. The van der Waals surface area contributed by atoms with Crippen molar-refractivity contribution >= 4 is 5.91 Å². The molecule has 3 rings (SSSR count). The Labute approximate surface area is 151 Å². The number of aryl methyl sites for hydroxylation is 1. The molecule has 0 aliphatic heterocycles. The molecule has 0 radical (unpaired) electrons. The Morgan fingerprint density at radius 3 is 2.69 bits per heavy atom. The Hall–Kier alpha value is -3.15. The fourth-order valence-corrected chi connectivity index (χ4v) is 2.53. The quantitative estimate of drug-likeness (QED) is 0.736. The molecule has 0 spiro atoms. The lowest BCUT2D eigenvalue weighted by Gasteiger charge is -2.14. The molecule has 1 aromatic heterocycles. The normalized spacial score (nSPS) is 11.8. The van der Waals surface area contributed by atoms with Gasteiger partial charge in [0.15, 0.2) is 0 Å². The molecule has 1 amide bonds. The number of nitrogens with zero attached hydrogens (tertiary/aromatic N) is 2. The summed E-state index contributed by atoms with van der Waals surface area (Å²) in [5.41, 5.74) is 1.23. The Morgan fingerprint density at radius 1 is 1.27 bits per heavy atom. The zero-order chi connectivity index (χ0) is 18.5. The number of aromatic nitrogens is 2. The fourth-order valence-electron chi connectivity index (χ4n) is 2.53. The van der Waals surface area contributed by atoms with Crippen LogP contribution in [0.1, 0.15) is 34.7 Å². The second kappa shape index (κ2) is 7.82. The number of hydrogen-bond donors (Lipinski definition) is 1. The van der Waals surface area contributed by atoms with Gasteiger partial charge < -0.3 is 14.6 Å². The zero-order valence-electron chi connectivity index (χ0n) is 14.6. The van der Waals surface area contributed by atoms with Gasteiger partial charge in [-0.25, -0.2) is 9.37 Å². The molecule has 6 heteroatoms. The van der Waals surface area contributed by atoms with Gasteiger partial charge in [0, 0.05) is 25.0 Å². The summed E-state index contributed by atoms with van der Waals surface area (Å²) in [5, 5.41) is 2.86. The molecule has 3 aromatic rings. The average molecular weight is 353 g/mol. The minimum absolute atomic E-state index is 0.225. The lowest BCUT2D eigenvalue weighted by molar-refractivity contribution is 0.0939. The van der Waals surface area contributed by atoms with Gasteiger partial charge in [-0.15, -0.1) is 0 Å². The largest absolute Gasteiger partial charge is 0.486 e. The van der Waals surface area contributed by atoms with E-state index in [0.29, 0.717) is 23.5 Å². The van der Waals surface area contributed by atoms with Crippen molar-refractivity contribution < 1.29 is 13.9 Å². The first-order chi connectivity index (χ1) is 12.5. The molecule has 0 unspecified atom stereocenters. The van der Waals surface area contributed by atoms with Gasteiger partial charge in [-0.3, -0.25) is 4.79 Å². The monoisotopic (exact) mass is 353 g/mol. The van der Waals surface area contributed by atoms with Crippen LogP contribution in [0.4, 0.5) is 4.39 Å². The van der Waals surface area contributed by atoms with Crippen molar-refractivity contribution in [3.63, 3.8) is 0 Å². The molecule has 1 N–H and O–H groups in total. The number of amides is 1. The maximum atomic E-state index is 13.3. The van der Waals surface area contributed by atoms with Crippen LogP contribution < -0.4 is 10.1 Å². The van der Waals surface area contributed by atoms with Crippen LogP contribution in [0.2, 0.25) is 0 Å². The summed E-state index contributed by atoms with van der Waals surface area (Å²) in [4.78, 5) is 16.5. The van der Waals surface area contributed by atoms with E-state index in [1.807, 2.05) is 24.7 Å². The number of halogens is 1. The predicted octanol–water partition coefficient (Wildman–Crippen LogP) is 3.63. The van der Waals surface area contributed by atoms with Crippen LogP contribution in [-0.4, -0.2) is 15.5 Å². The molecular formula is C20H20FN3O2. The third kappa shape index (κ3) is 4.27. The number of imidazole rings is 1. The van der Waals surface area contributed by atoms with Crippen LogP contribution in [0.5, 0.6) is 5.75 Å². The number of nitrogens with one attached hydrogen (secondary N) is 1. The molecule has 0 bridgehead atoms. The first-order valence-electron chi connectivity index (χ1n) is 8.28. The highest BCUT2D eigenvalue weighted by atomic mass is 19.1. The van der Waals surface area contributed by atoms with Gasteiger partial charge in [-0.05, 0) is 48.9 Å². The zero-order valence-corrected chi connectivity index (χ0v) is 14.6. The molecule has 26 heavy (non-hydrogen) atoms. The first-order valence-corrected chi connectivity index (χ1v) is 8.28. The molecule has 1 atom stereocenters. The lowest BCUT2D eigenvalue weighted by Crippen LogP contribution is -2.26. The van der Waals surface area contributed by atoms with E-state index in [1.165, 1.54) is 12.1 Å². The van der Waals surface area contributed by atoms with E-state index in [0.717, 1.165) is 5.82 Å². The second-order valence-corrected chi connectivity index (χ2v) is 6.02. The summed E-state index contributed by atoms with van der Waals surface area (Å²) in [5.74, 6) is 0.925.